The minimum atomic E-state index is -0.236. The van der Waals surface area contributed by atoms with Crippen molar-refractivity contribution < 1.29 is 14.3 Å². The first-order chi connectivity index (χ1) is 11.1. The van der Waals surface area contributed by atoms with Crippen LogP contribution >= 0.6 is 0 Å². The summed E-state index contributed by atoms with van der Waals surface area (Å²) < 4.78 is 11.3. The van der Waals surface area contributed by atoms with E-state index in [1.165, 1.54) is 11.1 Å². The molecule has 1 aromatic carbocycles. The molecular formula is C19H23NO3. The van der Waals surface area contributed by atoms with Crippen molar-refractivity contribution >= 4 is 5.91 Å². The van der Waals surface area contributed by atoms with Crippen LogP contribution in [0, 0.1) is 5.92 Å². The predicted molar refractivity (Wildman–Crippen MR) is 88.0 cm³/mol. The Balaban J connectivity index is 2.01. The Labute approximate surface area is 137 Å². The molecule has 4 heteroatoms. The molecule has 2 bridgehead atoms. The Morgan fingerprint density at radius 1 is 1.26 bits per heavy atom. The van der Waals surface area contributed by atoms with E-state index >= 15 is 0 Å². The second-order valence-corrected chi connectivity index (χ2v) is 6.91. The highest BCUT2D eigenvalue weighted by atomic mass is 16.5. The number of carbonyl (C=O) groups is 1. The van der Waals surface area contributed by atoms with Gasteiger partial charge in [0, 0.05) is 30.5 Å². The lowest BCUT2D eigenvalue weighted by molar-refractivity contribution is -0.141. The number of likely N-dealkylation sites (N-methyl/N-ethyl adjacent to an activating group) is 1. The van der Waals surface area contributed by atoms with E-state index in [0.717, 1.165) is 30.8 Å². The molecule has 4 rings (SSSR count). The number of fused-ring (bicyclic) bond motifs is 1. The third-order valence-corrected chi connectivity index (χ3v) is 6.05. The standard InChI is InChI=1S/C19H23NO3/c1-20-14-10-12-7-8-15(22-2)18(23-3)17(12)19(11-16(20)21)9-5-4-6-13(14)19/h5,7-9,13-14H,4,6,10-11H2,1-3H3/t13-,14+,19+/m0/s1. The quantitative estimate of drug-likeness (QED) is 0.788. The van der Waals surface area contributed by atoms with Gasteiger partial charge < -0.3 is 14.4 Å². The van der Waals surface area contributed by atoms with Crippen LogP contribution in [0.1, 0.15) is 30.4 Å². The van der Waals surface area contributed by atoms with Crippen molar-refractivity contribution in [1.82, 2.24) is 4.90 Å². The minimum Gasteiger partial charge on any atom is -0.493 e. The van der Waals surface area contributed by atoms with E-state index in [1.54, 1.807) is 14.2 Å². The number of methoxy groups -OCH3 is 2. The van der Waals surface area contributed by atoms with Crippen LogP contribution in [0.4, 0.5) is 0 Å². The van der Waals surface area contributed by atoms with Crippen molar-refractivity contribution in [2.45, 2.75) is 37.1 Å². The maximum Gasteiger partial charge on any atom is 0.223 e. The number of nitrogens with zero attached hydrogens (tertiary/aromatic N) is 1. The second kappa shape index (κ2) is 5.02. The largest absolute Gasteiger partial charge is 0.493 e. The molecule has 23 heavy (non-hydrogen) atoms. The van der Waals surface area contributed by atoms with Gasteiger partial charge in [0.1, 0.15) is 0 Å². The number of amides is 1. The summed E-state index contributed by atoms with van der Waals surface area (Å²) in [5.41, 5.74) is 2.23. The fourth-order valence-electron chi connectivity index (χ4n) is 5.02. The van der Waals surface area contributed by atoms with Gasteiger partial charge in [0.2, 0.25) is 5.91 Å². The summed E-state index contributed by atoms with van der Waals surface area (Å²) in [5.74, 6) is 2.25. The topological polar surface area (TPSA) is 38.8 Å². The molecule has 0 aromatic heterocycles. The Bertz CT molecular complexity index is 696. The maximum absolute atomic E-state index is 12.6. The van der Waals surface area contributed by atoms with Crippen molar-refractivity contribution in [2.24, 2.45) is 5.92 Å². The Morgan fingerprint density at radius 3 is 2.83 bits per heavy atom. The predicted octanol–water partition coefficient (Wildman–Crippen LogP) is 2.69. The summed E-state index contributed by atoms with van der Waals surface area (Å²) in [7, 11) is 5.32. The lowest BCUT2D eigenvalue weighted by atomic mass is 9.54. The van der Waals surface area contributed by atoms with Gasteiger partial charge >= 0.3 is 0 Å². The zero-order valence-corrected chi connectivity index (χ0v) is 14.0. The van der Waals surface area contributed by atoms with E-state index in [2.05, 4.69) is 18.2 Å². The highest BCUT2D eigenvalue weighted by Crippen LogP contribution is 2.57. The van der Waals surface area contributed by atoms with Crippen LogP contribution < -0.4 is 9.47 Å². The average Bonchev–Trinajstić information content (AvgIpc) is 2.58. The first-order valence-corrected chi connectivity index (χ1v) is 8.30. The molecule has 0 saturated carbocycles. The number of likely N-dealkylation sites (tertiary alicyclic amines) is 1. The fourth-order valence-corrected chi connectivity index (χ4v) is 5.02. The SMILES string of the molecule is COc1ccc2c(c1OC)[C@@]13C=CCC[C@H]1[C@@H](C2)N(C)C(=O)C3. The molecule has 0 radical (unpaired) electrons. The molecule has 0 spiro atoms. The molecule has 0 N–H and O–H groups in total. The molecule has 122 valence electrons. The van der Waals surface area contributed by atoms with Gasteiger partial charge in [0.25, 0.3) is 0 Å². The number of hydrogen-bond donors (Lipinski definition) is 0. The molecule has 0 unspecified atom stereocenters. The van der Waals surface area contributed by atoms with Crippen LogP contribution in [0.15, 0.2) is 24.3 Å². The van der Waals surface area contributed by atoms with Gasteiger partial charge in [-0.05, 0) is 36.8 Å². The van der Waals surface area contributed by atoms with E-state index in [4.69, 9.17) is 9.47 Å². The monoisotopic (exact) mass is 313 g/mol. The van der Waals surface area contributed by atoms with Crippen molar-refractivity contribution in [3.05, 3.63) is 35.4 Å². The third kappa shape index (κ3) is 1.81. The van der Waals surface area contributed by atoms with Crippen LogP contribution in [0.25, 0.3) is 0 Å². The summed E-state index contributed by atoms with van der Waals surface area (Å²) >= 11 is 0. The van der Waals surface area contributed by atoms with Crippen LogP contribution in [0.5, 0.6) is 11.5 Å². The van der Waals surface area contributed by atoms with Crippen molar-refractivity contribution in [1.29, 1.82) is 0 Å². The van der Waals surface area contributed by atoms with Gasteiger partial charge in [0.15, 0.2) is 11.5 Å². The van der Waals surface area contributed by atoms with Gasteiger partial charge in [-0.2, -0.15) is 0 Å². The number of ether oxygens (including phenoxy) is 2. The smallest absolute Gasteiger partial charge is 0.223 e. The third-order valence-electron chi connectivity index (χ3n) is 6.05. The zero-order chi connectivity index (χ0) is 16.2. The number of carbonyl (C=O) groups excluding carboxylic acids is 1. The highest BCUT2D eigenvalue weighted by molar-refractivity contribution is 5.82. The number of benzene rings is 1. The molecule has 1 aromatic rings. The van der Waals surface area contributed by atoms with E-state index < -0.39 is 0 Å². The summed E-state index contributed by atoms with van der Waals surface area (Å²) in [5, 5.41) is 0. The molecule has 3 aliphatic rings. The number of rotatable bonds is 2. The molecule has 4 nitrogen and oxygen atoms in total. The molecule has 1 saturated heterocycles. The van der Waals surface area contributed by atoms with Gasteiger partial charge in [-0.3, -0.25) is 4.79 Å². The van der Waals surface area contributed by atoms with E-state index in [0.29, 0.717) is 12.3 Å². The molecule has 1 aliphatic heterocycles. The van der Waals surface area contributed by atoms with Crippen LogP contribution in [-0.2, 0) is 16.6 Å². The normalized spacial score (nSPS) is 31.4. The van der Waals surface area contributed by atoms with Gasteiger partial charge in [0.05, 0.1) is 14.2 Å². The lowest BCUT2D eigenvalue weighted by Gasteiger charge is -2.56. The van der Waals surface area contributed by atoms with Crippen LogP contribution in [0.2, 0.25) is 0 Å². The summed E-state index contributed by atoms with van der Waals surface area (Å²) in [6.45, 7) is 0. The molecule has 1 amide bonds. The minimum absolute atomic E-state index is 0.230. The first kappa shape index (κ1) is 14.6. The lowest BCUT2D eigenvalue weighted by Crippen LogP contribution is -2.60. The number of piperidine rings is 1. The van der Waals surface area contributed by atoms with Crippen LogP contribution in [-0.4, -0.2) is 38.1 Å². The Kier molecular flexibility index (Phi) is 3.19. The molecule has 2 aliphatic carbocycles. The number of hydrogen-bond acceptors (Lipinski definition) is 3. The van der Waals surface area contributed by atoms with E-state index in [9.17, 15) is 4.79 Å². The van der Waals surface area contributed by atoms with Gasteiger partial charge in [-0.15, -0.1) is 0 Å². The summed E-state index contributed by atoms with van der Waals surface area (Å²) in [6, 6.07) is 4.42. The van der Waals surface area contributed by atoms with E-state index in [1.807, 2.05) is 18.0 Å². The van der Waals surface area contributed by atoms with Crippen molar-refractivity contribution in [3.8, 4) is 11.5 Å². The Morgan fingerprint density at radius 2 is 2.09 bits per heavy atom. The molecule has 1 heterocycles. The highest BCUT2D eigenvalue weighted by Gasteiger charge is 2.56. The average molecular weight is 313 g/mol. The molecular weight excluding hydrogens is 290 g/mol. The first-order valence-electron chi connectivity index (χ1n) is 8.30. The van der Waals surface area contributed by atoms with Crippen molar-refractivity contribution in [3.63, 3.8) is 0 Å². The second-order valence-electron chi connectivity index (χ2n) is 6.91. The van der Waals surface area contributed by atoms with Crippen molar-refractivity contribution in [2.75, 3.05) is 21.3 Å². The number of allylic oxidation sites excluding steroid dienone is 2. The fraction of sp³-hybridized carbons (Fsp3) is 0.526. The summed E-state index contributed by atoms with van der Waals surface area (Å²) in [6.07, 6.45) is 8.15. The molecule has 3 atom stereocenters. The summed E-state index contributed by atoms with van der Waals surface area (Å²) in [4.78, 5) is 14.6. The van der Waals surface area contributed by atoms with E-state index in [-0.39, 0.29) is 17.4 Å². The maximum atomic E-state index is 12.6. The van der Waals surface area contributed by atoms with Crippen LogP contribution in [0.3, 0.4) is 0 Å². The zero-order valence-electron chi connectivity index (χ0n) is 14.0. The Hall–Kier alpha value is -1.97. The molecule has 1 fully saturated rings. The van der Waals surface area contributed by atoms with Gasteiger partial charge in [-0.1, -0.05) is 18.2 Å². The van der Waals surface area contributed by atoms with Gasteiger partial charge in [-0.25, -0.2) is 0 Å².